The van der Waals surface area contributed by atoms with Crippen molar-refractivity contribution in [3.63, 3.8) is 0 Å². The van der Waals surface area contributed by atoms with Gasteiger partial charge in [0, 0.05) is 18.2 Å². The van der Waals surface area contributed by atoms with Crippen LogP contribution in [0.5, 0.6) is 0 Å². The predicted molar refractivity (Wildman–Crippen MR) is 206 cm³/mol. The lowest BCUT2D eigenvalue weighted by Crippen LogP contribution is -2.32. The summed E-state index contributed by atoms with van der Waals surface area (Å²) in [4.78, 5) is 36.0. The van der Waals surface area contributed by atoms with Crippen LogP contribution in [0.2, 0.25) is 0 Å². The Morgan fingerprint density at radius 2 is 1.36 bits per heavy atom. The van der Waals surface area contributed by atoms with Crippen LogP contribution in [0.25, 0.3) is 33.6 Å². The van der Waals surface area contributed by atoms with Gasteiger partial charge in [-0.1, -0.05) is 56.3 Å². The fourth-order valence-electron chi connectivity index (χ4n) is 6.56. The number of nitrogens with zero attached hydrogens (tertiary/aromatic N) is 7. The lowest BCUT2D eigenvalue weighted by molar-refractivity contribution is -0.122. The standard InChI is InChI=1S/C42H36FN9O4/c1-41(2,3)22-36(53)48-40-47-33-16-10-27(25-45)20-35(33)52(40)38-21-30(50-56-38)17-18-42(55,28-7-5-4-6-8-28)23-37(54)49-39-46-32-15-9-26(24-44)19-34(32)51(39)31-13-11-29(43)12-14-31/h4-16,19-21,55H,17-18,22-23H2,1-3H3,(H,46,49,54)(H,47,48,53). The van der Waals surface area contributed by atoms with Gasteiger partial charge in [0.15, 0.2) is 0 Å². The number of fused-ring (bicyclic) bond motifs is 2. The average molecular weight is 750 g/mol. The Kier molecular flexibility index (Phi) is 9.91. The molecule has 0 aliphatic heterocycles. The van der Waals surface area contributed by atoms with E-state index in [0.29, 0.717) is 50.1 Å². The normalized spacial score (nSPS) is 12.6. The van der Waals surface area contributed by atoms with Gasteiger partial charge in [-0.15, -0.1) is 0 Å². The number of anilines is 2. The molecular formula is C42H36FN9O4. The van der Waals surface area contributed by atoms with Crippen LogP contribution < -0.4 is 10.6 Å². The Labute approximate surface area is 320 Å². The van der Waals surface area contributed by atoms with Crippen LogP contribution in [-0.4, -0.2) is 41.2 Å². The number of imidazole rings is 2. The summed E-state index contributed by atoms with van der Waals surface area (Å²) in [7, 11) is 0. The number of benzene rings is 4. The Morgan fingerprint density at radius 3 is 1.95 bits per heavy atom. The van der Waals surface area contributed by atoms with Crippen molar-refractivity contribution >= 4 is 45.8 Å². The zero-order valence-corrected chi connectivity index (χ0v) is 30.7. The molecule has 3 heterocycles. The number of hydrogen-bond acceptors (Lipinski definition) is 9. The third kappa shape index (κ3) is 7.87. The molecule has 0 bridgehead atoms. The molecule has 7 rings (SSSR count). The summed E-state index contributed by atoms with van der Waals surface area (Å²) in [6.07, 6.45) is 0.0915. The minimum absolute atomic E-state index is 0.0503. The zero-order valence-electron chi connectivity index (χ0n) is 30.7. The first-order valence-electron chi connectivity index (χ1n) is 17.8. The van der Waals surface area contributed by atoms with Gasteiger partial charge in [-0.2, -0.15) is 10.5 Å². The van der Waals surface area contributed by atoms with E-state index in [1.165, 1.54) is 24.3 Å². The van der Waals surface area contributed by atoms with Crippen molar-refractivity contribution in [3.8, 4) is 23.7 Å². The Balaban J connectivity index is 1.17. The number of carbonyl (C=O) groups excluding carboxylic acids is 2. The Hall–Kier alpha value is -7.16. The molecule has 280 valence electrons. The fourth-order valence-corrected chi connectivity index (χ4v) is 6.56. The van der Waals surface area contributed by atoms with E-state index in [1.54, 1.807) is 81.9 Å². The molecule has 2 amide bonds. The molecule has 3 aromatic heterocycles. The van der Waals surface area contributed by atoms with Crippen LogP contribution in [0.15, 0.2) is 102 Å². The third-order valence-electron chi connectivity index (χ3n) is 9.17. The molecule has 0 fully saturated rings. The van der Waals surface area contributed by atoms with Gasteiger partial charge in [0.2, 0.25) is 29.6 Å². The number of nitrogens with one attached hydrogen (secondary N) is 2. The molecule has 0 aliphatic carbocycles. The molecule has 1 unspecified atom stereocenters. The number of aromatic nitrogens is 5. The summed E-state index contributed by atoms with van der Waals surface area (Å²) >= 11 is 0. The molecule has 4 aromatic carbocycles. The minimum Gasteiger partial charge on any atom is -0.385 e. The topological polar surface area (TPSA) is 188 Å². The van der Waals surface area contributed by atoms with Crippen molar-refractivity contribution in [2.75, 3.05) is 10.6 Å². The van der Waals surface area contributed by atoms with Crippen molar-refractivity contribution in [2.24, 2.45) is 5.41 Å². The Bertz CT molecular complexity index is 2680. The minimum atomic E-state index is -1.68. The van der Waals surface area contributed by atoms with Gasteiger partial charge in [0.05, 0.1) is 63.0 Å². The first-order chi connectivity index (χ1) is 26.8. The zero-order chi connectivity index (χ0) is 39.6. The number of amides is 2. The SMILES string of the molecule is CC(C)(C)CC(=O)Nc1nc2ccc(C#N)cc2n1-c1cc(CCC(O)(CC(=O)Nc2nc3ccc(C#N)cc3n2-c2ccc(F)cc2)c2ccccc2)no1. The van der Waals surface area contributed by atoms with Crippen LogP contribution in [0.1, 0.15) is 62.4 Å². The van der Waals surface area contributed by atoms with E-state index >= 15 is 0 Å². The van der Waals surface area contributed by atoms with E-state index in [0.717, 1.165) is 0 Å². The highest BCUT2D eigenvalue weighted by molar-refractivity contribution is 5.94. The van der Waals surface area contributed by atoms with E-state index in [-0.39, 0.29) is 54.8 Å². The maximum atomic E-state index is 13.9. The molecular weight excluding hydrogens is 714 g/mol. The summed E-state index contributed by atoms with van der Waals surface area (Å²) in [5.41, 5.74) is 2.33. The van der Waals surface area contributed by atoms with Crippen LogP contribution in [0.3, 0.4) is 0 Å². The highest BCUT2D eigenvalue weighted by Gasteiger charge is 2.33. The number of aryl methyl sites for hydroxylation is 1. The fraction of sp³-hybridized carbons (Fsp3) is 0.214. The van der Waals surface area contributed by atoms with E-state index in [9.17, 15) is 29.6 Å². The average Bonchev–Trinajstić information content (AvgIpc) is 3.88. The quantitative estimate of drug-likeness (QED) is 0.121. The summed E-state index contributed by atoms with van der Waals surface area (Å²) < 4.78 is 22.9. The predicted octanol–water partition coefficient (Wildman–Crippen LogP) is 7.46. The van der Waals surface area contributed by atoms with Crippen LogP contribution in [-0.2, 0) is 21.6 Å². The van der Waals surface area contributed by atoms with Gasteiger partial charge in [-0.05, 0) is 84.5 Å². The van der Waals surface area contributed by atoms with Crippen molar-refractivity contribution in [1.82, 2.24) is 24.3 Å². The molecule has 0 radical (unpaired) electrons. The van der Waals surface area contributed by atoms with Crippen molar-refractivity contribution in [1.29, 1.82) is 10.5 Å². The lowest BCUT2D eigenvalue weighted by Gasteiger charge is -2.28. The van der Waals surface area contributed by atoms with Gasteiger partial charge in [-0.25, -0.2) is 18.9 Å². The van der Waals surface area contributed by atoms with Gasteiger partial charge >= 0.3 is 0 Å². The van der Waals surface area contributed by atoms with Gasteiger partial charge in [-0.3, -0.25) is 24.8 Å². The van der Waals surface area contributed by atoms with Gasteiger partial charge < -0.3 is 9.63 Å². The molecule has 56 heavy (non-hydrogen) atoms. The second kappa shape index (κ2) is 14.9. The molecule has 7 aromatic rings. The number of rotatable bonds is 11. The molecule has 0 aliphatic rings. The van der Waals surface area contributed by atoms with Crippen molar-refractivity contribution in [2.45, 2.75) is 52.1 Å². The summed E-state index contributed by atoms with van der Waals surface area (Å²) in [5, 5.41) is 41.3. The molecule has 3 N–H and O–H groups in total. The second-order valence-corrected chi connectivity index (χ2v) is 14.7. The summed E-state index contributed by atoms with van der Waals surface area (Å²) in [5.74, 6) is -0.695. The smallest absolute Gasteiger partial charge is 0.238 e. The summed E-state index contributed by atoms with van der Waals surface area (Å²) in [6, 6.07) is 30.2. The Morgan fingerprint density at radius 1 is 0.786 bits per heavy atom. The van der Waals surface area contributed by atoms with Crippen LogP contribution in [0, 0.1) is 33.9 Å². The number of aliphatic hydroxyl groups is 1. The molecule has 0 saturated carbocycles. The van der Waals surface area contributed by atoms with Gasteiger partial charge in [0.1, 0.15) is 5.82 Å². The molecule has 14 heteroatoms. The third-order valence-corrected chi connectivity index (χ3v) is 9.17. The number of nitriles is 2. The first kappa shape index (κ1) is 37.2. The highest BCUT2D eigenvalue weighted by atomic mass is 19.1. The molecule has 13 nitrogen and oxygen atoms in total. The van der Waals surface area contributed by atoms with Crippen molar-refractivity contribution in [3.05, 3.63) is 125 Å². The maximum Gasteiger partial charge on any atom is 0.238 e. The van der Waals surface area contributed by atoms with E-state index in [2.05, 4.69) is 37.9 Å². The number of halogens is 1. The monoisotopic (exact) mass is 749 g/mol. The van der Waals surface area contributed by atoms with E-state index in [4.69, 9.17) is 4.52 Å². The number of hydrogen-bond donors (Lipinski definition) is 3. The molecule has 0 saturated heterocycles. The van der Waals surface area contributed by atoms with E-state index in [1.807, 2.05) is 20.8 Å². The largest absolute Gasteiger partial charge is 0.385 e. The van der Waals surface area contributed by atoms with E-state index < -0.39 is 17.3 Å². The van der Waals surface area contributed by atoms with Crippen LogP contribution in [0.4, 0.5) is 16.3 Å². The molecule has 1 atom stereocenters. The lowest BCUT2D eigenvalue weighted by atomic mass is 9.85. The molecule has 0 spiro atoms. The second-order valence-electron chi connectivity index (χ2n) is 14.7. The maximum absolute atomic E-state index is 13.9. The van der Waals surface area contributed by atoms with Gasteiger partial charge in [0.25, 0.3) is 0 Å². The first-order valence-corrected chi connectivity index (χ1v) is 17.8. The van der Waals surface area contributed by atoms with Crippen molar-refractivity contribution < 1.29 is 23.6 Å². The van der Waals surface area contributed by atoms with Crippen LogP contribution >= 0.6 is 0 Å². The highest BCUT2D eigenvalue weighted by Crippen LogP contribution is 2.33. The summed E-state index contributed by atoms with van der Waals surface area (Å²) in [6.45, 7) is 5.86. The number of carbonyl (C=O) groups is 2.